The van der Waals surface area contributed by atoms with Crippen molar-refractivity contribution in [3.8, 4) is 0 Å². The largest absolute Gasteiger partial charge is 0.494 e. The zero-order valence-corrected chi connectivity index (χ0v) is 12.6. The maximum atomic E-state index is 9.88. The van der Waals surface area contributed by atoms with Crippen molar-refractivity contribution in [3.63, 3.8) is 0 Å². The smallest absolute Gasteiger partial charge is 0.399 e. The van der Waals surface area contributed by atoms with Gasteiger partial charge in [0, 0.05) is 6.42 Å². The third-order valence-electron chi connectivity index (χ3n) is 4.82. The molecule has 0 bridgehead atoms. The van der Waals surface area contributed by atoms with Crippen LogP contribution in [0, 0.1) is 0 Å². The molecule has 0 aromatic heterocycles. The van der Waals surface area contributed by atoms with Crippen LogP contribution in [-0.4, -0.2) is 29.5 Å². The van der Waals surface area contributed by atoms with Crippen LogP contribution in [0.4, 0.5) is 0 Å². The van der Waals surface area contributed by atoms with E-state index >= 15 is 0 Å². The molecular formula is C16H21BO3. The molecule has 1 fully saturated rings. The Morgan fingerprint density at radius 2 is 1.80 bits per heavy atom. The van der Waals surface area contributed by atoms with E-state index in [2.05, 4.69) is 6.58 Å². The fourth-order valence-corrected chi connectivity index (χ4v) is 2.71. The van der Waals surface area contributed by atoms with Gasteiger partial charge in [-0.2, -0.15) is 0 Å². The van der Waals surface area contributed by atoms with E-state index in [1.165, 1.54) is 0 Å². The van der Waals surface area contributed by atoms with Gasteiger partial charge in [0.15, 0.2) is 0 Å². The summed E-state index contributed by atoms with van der Waals surface area (Å²) in [6, 6.07) is 6.10. The molecule has 1 unspecified atom stereocenters. The molecule has 0 radical (unpaired) electrons. The van der Waals surface area contributed by atoms with Crippen molar-refractivity contribution in [2.75, 3.05) is 0 Å². The highest BCUT2D eigenvalue weighted by atomic mass is 16.7. The van der Waals surface area contributed by atoms with E-state index in [1.807, 2.05) is 45.9 Å². The first-order chi connectivity index (χ1) is 9.21. The molecule has 1 heterocycles. The average molecular weight is 272 g/mol. The first kappa shape index (κ1) is 13.9. The van der Waals surface area contributed by atoms with E-state index in [9.17, 15) is 5.11 Å². The van der Waals surface area contributed by atoms with Crippen LogP contribution in [0.5, 0.6) is 0 Å². The molecule has 0 saturated carbocycles. The van der Waals surface area contributed by atoms with Crippen LogP contribution in [0.25, 0.3) is 5.57 Å². The first-order valence-electron chi connectivity index (χ1n) is 7.07. The quantitative estimate of drug-likeness (QED) is 0.794. The summed E-state index contributed by atoms with van der Waals surface area (Å²) >= 11 is 0. The predicted molar refractivity (Wildman–Crippen MR) is 80.9 cm³/mol. The normalized spacial score (nSPS) is 26.9. The zero-order chi connectivity index (χ0) is 14.7. The summed E-state index contributed by atoms with van der Waals surface area (Å²) in [6.45, 7) is 12.1. The highest BCUT2D eigenvalue weighted by molar-refractivity contribution is 6.62. The van der Waals surface area contributed by atoms with Gasteiger partial charge in [0.2, 0.25) is 0 Å². The summed E-state index contributed by atoms with van der Waals surface area (Å²) in [5.41, 5.74) is 3.27. The molecule has 3 nitrogen and oxygen atoms in total. The molecule has 2 aliphatic rings. The van der Waals surface area contributed by atoms with Gasteiger partial charge < -0.3 is 14.4 Å². The molecule has 1 atom stereocenters. The van der Waals surface area contributed by atoms with Gasteiger partial charge in [-0.1, -0.05) is 24.8 Å². The van der Waals surface area contributed by atoms with Crippen LogP contribution in [-0.2, 0) is 15.7 Å². The minimum atomic E-state index is -0.460. The van der Waals surface area contributed by atoms with Crippen molar-refractivity contribution < 1.29 is 14.4 Å². The molecule has 106 valence electrons. The van der Waals surface area contributed by atoms with Crippen molar-refractivity contribution in [2.45, 2.75) is 51.4 Å². The highest BCUT2D eigenvalue weighted by Gasteiger charge is 2.51. The van der Waals surface area contributed by atoms with Crippen molar-refractivity contribution in [3.05, 3.63) is 35.9 Å². The van der Waals surface area contributed by atoms with Gasteiger partial charge in [0.25, 0.3) is 0 Å². The Bertz CT molecular complexity index is 561. The number of benzene rings is 1. The molecular weight excluding hydrogens is 251 g/mol. The average Bonchev–Trinajstić information content (AvgIpc) is 2.74. The van der Waals surface area contributed by atoms with Gasteiger partial charge in [0.1, 0.15) is 0 Å². The summed E-state index contributed by atoms with van der Waals surface area (Å²) in [5.74, 6) is 0. The second-order valence-electron chi connectivity index (χ2n) is 6.75. The Kier molecular flexibility index (Phi) is 2.91. The van der Waals surface area contributed by atoms with Crippen molar-refractivity contribution in [1.82, 2.24) is 0 Å². The maximum absolute atomic E-state index is 9.88. The van der Waals surface area contributed by atoms with Gasteiger partial charge in [0.05, 0.1) is 17.3 Å². The number of hydrogen-bond donors (Lipinski definition) is 1. The summed E-state index contributed by atoms with van der Waals surface area (Å²) in [4.78, 5) is 0. The second kappa shape index (κ2) is 4.20. The minimum absolute atomic E-state index is 0.340. The number of aliphatic hydroxyl groups is 1. The molecule has 1 N–H and O–H groups in total. The molecule has 1 saturated heterocycles. The van der Waals surface area contributed by atoms with Gasteiger partial charge in [-0.3, -0.25) is 0 Å². The lowest BCUT2D eigenvalue weighted by atomic mass is 9.77. The van der Waals surface area contributed by atoms with E-state index < -0.39 is 6.10 Å². The Morgan fingerprint density at radius 1 is 1.20 bits per heavy atom. The molecule has 1 aromatic carbocycles. The van der Waals surface area contributed by atoms with E-state index in [4.69, 9.17) is 9.31 Å². The van der Waals surface area contributed by atoms with Gasteiger partial charge in [-0.05, 0) is 49.9 Å². The standard InChI is InChI=1S/C16H21BO3/c1-10-13-9-12(7-6-11(13)8-14(10)18)17-19-15(2,3)16(4,5)20-17/h6-7,9,14,18H,1,8H2,2-5H3. The lowest BCUT2D eigenvalue weighted by molar-refractivity contribution is 0.00578. The monoisotopic (exact) mass is 272 g/mol. The molecule has 0 spiro atoms. The number of aliphatic hydroxyl groups excluding tert-OH is 1. The van der Waals surface area contributed by atoms with Crippen LogP contribution < -0.4 is 5.46 Å². The molecule has 0 amide bonds. The SMILES string of the molecule is C=C1c2cc(B3OC(C)(C)C(C)(C)O3)ccc2CC1O. The Labute approximate surface area is 120 Å². The summed E-state index contributed by atoms with van der Waals surface area (Å²) in [5, 5.41) is 9.88. The first-order valence-corrected chi connectivity index (χ1v) is 7.07. The van der Waals surface area contributed by atoms with Gasteiger partial charge in [-0.15, -0.1) is 0 Å². The third-order valence-corrected chi connectivity index (χ3v) is 4.82. The highest BCUT2D eigenvalue weighted by Crippen LogP contribution is 2.37. The van der Waals surface area contributed by atoms with Crippen molar-refractivity contribution in [2.24, 2.45) is 0 Å². The molecule has 1 aliphatic heterocycles. The van der Waals surface area contributed by atoms with E-state index in [1.54, 1.807) is 0 Å². The molecule has 1 aliphatic carbocycles. The predicted octanol–water partition coefficient (Wildman–Crippen LogP) is 1.92. The molecule has 4 heteroatoms. The lowest BCUT2D eigenvalue weighted by Gasteiger charge is -2.32. The third kappa shape index (κ3) is 1.94. The van der Waals surface area contributed by atoms with Crippen molar-refractivity contribution in [1.29, 1.82) is 0 Å². The Morgan fingerprint density at radius 3 is 2.40 bits per heavy atom. The molecule has 1 aromatic rings. The minimum Gasteiger partial charge on any atom is -0.399 e. The molecule has 3 rings (SSSR count). The summed E-state index contributed by atoms with van der Waals surface area (Å²) < 4.78 is 12.1. The number of fused-ring (bicyclic) bond motifs is 1. The van der Waals surface area contributed by atoms with E-state index in [-0.39, 0.29) is 18.3 Å². The number of rotatable bonds is 1. The number of hydrogen-bond acceptors (Lipinski definition) is 3. The van der Waals surface area contributed by atoms with Crippen LogP contribution in [0.1, 0.15) is 38.8 Å². The van der Waals surface area contributed by atoms with E-state index in [0.29, 0.717) is 6.42 Å². The Hall–Kier alpha value is -1.10. The summed E-state index contributed by atoms with van der Waals surface area (Å²) in [7, 11) is -0.365. The van der Waals surface area contributed by atoms with Gasteiger partial charge in [-0.25, -0.2) is 0 Å². The fourth-order valence-electron chi connectivity index (χ4n) is 2.71. The van der Waals surface area contributed by atoms with Gasteiger partial charge >= 0.3 is 7.12 Å². The maximum Gasteiger partial charge on any atom is 0.494 e. The van der Waals surface area contributed by atoms with E-state index in [0.717, 1.165) is 22.2 Å². The van der Waals surface area contributed by atoms with Crippen LogP contribution in [0.3, 0.4) is 0 Å². The molecule has 20 heavy (non-hydrogen) atoms. The Balaban J connectivity index is 1.93. The lowest BCUT2D eigenvalue weighted by Crippen LogP contribution is -2.41. The van der Waals surface area contributed by atoms with Crippen molar-refractivity contribution >= 4 is 18.2 Å². The van der Waals surface area contributed by atoms with Crippen LogP contribution in [0.2, 0.25) is 0 Å². The fraction of sp³-hybridized carbons (Fsp3) is 0.500. The summed E-state index contributed by atoms with van der Waals surface area (Å²) in [6.07, 6.45) is 0.191. The van der Waals surface area contributed by atoms with Crippen LogP contribution >= 0.6 is 0 Å². The van der Waals surface area contributed by atoms with Crippen LogP contribution in [0.15, 0.2) is 24.8 Å². The topological polar surface area (TPSA) is 38.7 Å². The zero-order valence-electron chi connectivity index (χ0n) is 12.6. The second-order valence-corrected chi connectivity index (χ2v) is 6.75.